The minimum Gasteiger partial charge on any atom is -0.450 e. The Hall–Kier alpha value is -2.05. The topological polar surface area (TPSA) is 71.4 Å². The van der Waals surface area contributed by atoms with Crippen LogP contribution in [0.15, 0.2) is 22.6 Å². The maximum Gasteiger partial charge on any atom is 0.222 e. The second-order valence-electron chi connectivity index (χ2n) is 6.80. The third kappa shape index (κ3) is 3.00. The quantitative estimate of drug-likeness (QED) is 0.754. The molecule has 0 bridgehead atoms. The fourth-order valence-corrected chi connectivity index (χ4v) is 3.67. The van der Waals surface area contributed by atoms with Gasteiger partial charge >= 0.3 is 0 Å². The largest absolute Gasteiger partial charge is 0.450 e. The first-order valence-corrected chi connectivity index (χ1v) is 9.05. The van der Waals surface area contributed by atoms with Gasteiger partial charge < -0.3 is 15.1 Å². The van der Waals surface area contributed by atoms with Gasteiger partial charge in [0.2, 0.25) is 5.95 Å². The minimum absolute atomic E-state index is 0.259. The monoisotopic (exact) mass is 359 g/mol. The summed E-state index contributed by atoms with van der Waals surface area (Å²) in [5.41, 5.74) is 8.16. The van der Waals surface area contributed by atoms with Crippen molar-refractivity contribution in [1.29, 1.82) is 0 Å². The van der Waals surface area contributed by atoms with Crippen LogP contribution in [0.4, 0.5) is 11.8 Å². The van der Waals surface area contributed by atoms with Gasteiger partial charge in [0.15, 0.2) is 11.4 Å². The van der Waals surface area contributed by atoms with E-state index >= 15 is 0 Å². The van der Waals surface area contributed by atoms with Crippen molar-refractivity contribution < 1.29 is 4.42 Å². The standard InChI is InChI=1S/C18H22ClN5O/c1-11(2)23-6-3-7-24(9-8-23)17-16-15(21-18(20)22-17)13-10-12(19)4-5-14(13)25-16/h4-5,10-11H,3,6-9H2,1-2H3,(H2,20,21,22). The van der Waals surface area contributed by atoms with Gasteiger partial charge in [0, 0.05) is 42.6 Å². The van der Waals surface area contributed by atoms with Gasteiger partial charge in [-0.05, 0) is 38.5 Å². The summed E-state index contributed by atoms with van der Waals surface area (Å²) in [6.07, 6.45) is 1.08. The van der Waals surface area contributed by atoms with Crippen LogP contribution in [-0.2, 0) is 0 Å². The lowest BCUT2D eigenvalue weighted by Gasteiger charge is -2.25. The van der Waals surface area contributed by atoms with Crippen molar-refractivity contribution >= 4 is 45.4 Å². The van der Waals surface area contributed by atoms with E-state index in [4.69, 9.17) is 21.8 Å². The van der Waals surface area contributed by atoms with Crippen LogP contribution < -0.4 is 10.6 Å². The number of nitrogens with zero attached hydrogens (tertiary/aromatic N) is 4. The number of benzene rings is 1. The number of furan rings is 1. The molecule has 1 aromatic carbocycles. The molecule has 0 amide bonds. The molecule has 0 radical (unpaired) electrons. The molecule has 2 aromatic heterocycles. The van der Waals surface area contributed by atoms with Crippen LogP contribution in [0.2, 0.25) is 5.02 Å². The molecule has 1 fully saturated rings. The molecule has 2 N–H and O–H groups in total. The normalized spacial score (nSPS) is 16.9. The van der Waals surface area contributed by atoms with Crippen LogP contribution in [0.5, 0.6) is 0 Å². The molecule has 0 saturated carbocycles. The van der Waals surface area contributed by atoms with Gasteiger partial charge in [-0.3, -0.25) is 4.90 Å². The van der Waals surface area contributed by atoms with E-state index in [1.165, 1.54) is 0 Å². The van der Waals surface area contributed by atoms with Crippen LogP contribution in [0.25, 0.3) is 22.1 Å². The van der Waals surface area contributed by atoms with Crippen molar-refractivity contribution in [2.45, 2.75) is 26.3 Å². The molecular formula is C18H22ClN5O. The molecule has 4 rings (SSSR count). The van der Waals surface area contributed by atoms with Gasteiger partial charge in [-0.2, -0.15) is 4.98 Å². The van der Waals surface area contributed by atoms with Crippen molar-refractivity contribution in [2.75, 3.05) is 36.8 Å². The second kappa shape index (κ2) is 6.35. The molecular weight excluding hydrogens is 338 g/mol. The number of nitrogen functional groups attached to an aromatic ring is 1. The summed E-state index contributed by atoms with van der Waals surface area (Å²) in [4.78, 5) is 13.6. The van der Waals surface area contributed by atoms with Crippen molar-refractivity contribution in [3.8, 4) is 0 Å². The van der Waals surface area contributed by atoms with E-state index < -0.39 is 0 Å². The number of fused-ring (bicyclic) bond motifs is 3. The second-order valence-corrected chi connectivity index (χ2v) is 7.23. The Labute approximate surface area is 151 Å². The number of aromatic nitrogens is 2. The number of anilines is 2. The highest BCUT2D eigenvalue weighted by molar-refractivity contribution is 6.31. The van der Waals surface area contributed by atoms with Gasteiger partial charge in [-0.25, -0.2) is 4.98 Å². The zero-order valence-corrected chi connectivity index (χ0v) is 15.3. The zero-order valence-electron chi connectivity index (χ0n) is 14.5. The lowest BCUT2D eigenvalue weighted by molar-refractivity contribution is 0.238. The van der Waals surface area contributed by atoms with E-state index in [0.29, 0.717) is 16.6 Å². The summed E-state index contributed by atoms with van der Waals surface area (Å²) in [6.45, 7) is 8.37. The van der Waals surface area contributed by atoms with Crippen molar-refractivity contribution in [1.82, 2.24) is 14.9 Å². The molecule has 3 heterocycles. The van der Waals surface area contributed by atoms with Gasteiger partial charge in [0.05, 0.1) is 0 Å². The maximum absolute atomic E-state index is 6.14. The predicted octanol–water partition coefficient (Wildman–Crippen LogP) is 3.53. The molecule has 6 nitrogen and oxygen atoms in total. The van der Waals surface area contributed by atoms with E-state index in [-0.39, 0.29) is 5.95 Å². The van der Waals surface area contributed by atoms with E-state index in [1.807, 2.05) is 18.2 Å². The van der Waals surface area contributed by atoms with Crippen molar-refractivity contribution in [3.63, 3.8) is 0 Å². The Bertz CT molecular complexity index is 923. The molecule has 0 unspecified atom stereocenters. The molecule has 1 aliphatic rings. The van der Waals surface area contributed by atoms with Gasteiger partial charge in [-0.15, -0.1) is 0 Å². The number of hydrogen-bond donors (Lipinski definition) is 1. The zero-order chi connectivity index (χ0) is 17.6. The van der Waals surface area contributed by atoms with Crippen molar-refractivity contribution in [2.24, 2.45) is 0 Å². The van der Waals surface area contributed by atoms with E-state index in [1.54, 1.807) is 0 Å². The summed E-state index contributed by atoms with van der Waals surface area (Å²) in [5.74, 6) is 1.04. The van der Waals surface area contributed by atoms with Crippen molar-refractivity contribution in [3.05, 3.63) is 23.2 Å². The first kappa shape index (κ1) is 16.4. The van der Waals surface area contributed by atoms with Crippen LogP contribution in [0.3, 0.4) is 0 Å². The molecule has 3 aromatic rings. The first-order valence-electron chi connectivity index (χ1n) is 8.67. The summed E-state index contributed by atoms with van der Waals surface area (Å²) < 4.78 is 6.07. The Balaban J connectivity index is 1.80. The molecule has 25 heavy (non-hydrogen) atoms. The number of rotatable bonds is 2. The maximum atomic E-state index is 6.14. The third-order valence-electron chi connectivity index (χ3n) is 4.83. The number of nitrogens with two attached hydrogens (primary N) is 1. The summed E-state index contributed by atoms with van der Waals surface area (Å²) >= 11 is 6.14. The van der Waals surface area contributed by atoms with Crippen LogP contribution >= 0.6 is 11.6 Å². The summed E-state index contributed by atoms with van der Waals surface area (Å²) in [7, 11) is 0. The fourth-order valence-electron chi connectivity index (χ4n) is 3.50. The summed E-state index contributed by atoms with van der Waals surface area (Å²) in [6, 6.07) is 6.09. The van der Waals surface area contributed by atoms with Crippen LogP contribution in [-0.4, -0.2) is 47.1 Å². The van der Waals surface area contributed by atoms with E-state index in [0.717, 1.165) is 54.9 Å². The lowest BCUT2D eigenvalue weighted by atomic mass is 10.2. The Kier molecular flexibility index (Phi) is 4.17. The SMILES string of the molecule is CC(C)N1CCCN(c2nc(N)nc3c2oc2ccc(Cl)cc23)CC1. The molecule has 0 spiro atoms. The third-order valence-corrected chi connectivity index (χ3v) is 5.07. The Morgan fingerprint density at radius 3 is 2.80 bits per heavy atom. The highest BCUT2D eigenvalue weighted by Crippen LogP contribution is 2.35. The average molecular weight is 360 g/mol. The van der Waals surface area contributed by atoms with E-state index in [9.17, 15) is 0 Å². The Morgan fingerprint density at radius 2 is 2.00 bits per heavy atom. The average Bonchev–Trinajstić information content (AvgIpc) is 2.77. The number of halogens is 1. The molecule has 7 heteroatoms. The van der Waals surface area contributed by atoms with Gasteiger partial charge in [0.1, 0.15) is 11.1 Å². The van der Waals surface area contributed by atoms with E-state index in [2.05, 4.69) is 33.6 Å². The van der Waals surface area contributed by atoms with Crippen LogP contribution in [0, 0.1) is 0 Å². The highest BCUT2D eigenvalue weighted by Gasteiger charge is 2.23. The minimum atomic E-state index is 0.259. The predicted molar refractivity (Wildman–Crippen MR) is 102 cm³/mol. The Morgan fingerprint density at radius 1 is 1.16 bits per heavy atom. The highest BCUT2D eigenvalue weighted by atomic mass is 35.5. The smallest absolute Gasteiger partial charge is 0.222 e. The molecule has 0 aliphatic carbocycles. The number of hydrogen-bond acceptors (Lipinski definition) is 6. The molecule has 1 saturated heterocycles. The molecule has 0 atom stereocenters. The molecule has 1 aliphatic heterocycles. The first-order chi connectivity index (χ1) is 12.0. The van der Waals surface area contributed by atoms with Crippen LogP contribution in [0.1, 0.15) is 20.3 Å². The van der Waals surface area contributed by atoms with Gasteiger partial charge in [0.25, 0.3) is 0 Å². The molecule has 132 valence electrons. The lowest BCUT2D eigenvalue weighted by Crippen LogP contribution is -2.35. The van der Waals surface area contributed by atoms with Gasteiger partial charge in [-0.1, -0.05) is 11.6 Å². The summed E-state index contributed by atoms with van der Waals surface area (Å²) in [5, 5.41) is 1.52. The fraction of sp³-hybridized carbons (Fsp3) is 0.444.